The van der Waals surface area contributed by atoms with Gasteiger partial charge in [-0.25, -0.2) is 9.97 Å². The number of anilines is 1. The average molecular weight is 329 g/mol. The molecule has 0 aliphatic carbocycles. The number of ether oxygens (including phenoxy) is 1. The number of amides is 1. The van der Waals surface area contributed by atoms with Gasteiger partial charge in [0.2, 0.25) is 5.91 Å². The van der Waals surface area contributed by atoms with Crippen LogP contribution in [0.15, 0.2) is 30.7 Å². The monoisotopic (exact) mass is 329 g/mol. The Labute approximate surface area is 141 Å². The van der Waals surface area contributed by atoms with E-state index in [4.69, 9.17) is 10.5 Å². The molecule has 2 N–H and O–H groups in total. The molecule has 0 radical (unpaired) electrons. The maximum absolute atomic E-state index is 12.5. The first-order valence-electron chi connectivity index (χ1n) is 8.19. The van der Waals surface area contributed by atoms with Crippen LogP contribution in [0.25, 0.3) is 0 Å². The van der Waals surface area contributed by atoms with E-state index in [1.54, 1.807) is 12.4 Å². The van der Waals surface area contributed by atoms with Crippen LogP contribution in [0.5, 0.6) is 0 Å². The van der Waals surface area contributed by atoms with Crippen LogP contribution in [0.1, 0.15) is 17.8 Å². The fourth-order valence-electron chi connectivity index (χ4n) is 2.91. The molecule has 2 aromatic heterocycles. The Bertz CT molecular complexity index is 700. The molecule has 3 heterocycles. The number of pyridine rings is 1. The van der Waals surface area contributed by atoms with E-state index >= 15 is 0 Å². The zero-order chi connectivity index (χ0) is 16.9. The van der Waals surface area contributed by atoms with E-state index in [1.807, 2.05) is 34.7 Å². The van der Waals surface area contributed by atoms with Crippen molar-refractivity contribution in [2.24, 2.45) is 0 Å². The van der Waals surface area contributed by atoms with Crippen LogP contribution in [0.2, 0.25) is 0 Å². The molecule has 0 spiro atoms. The number of carbonyl (C=O) groups is 1. The topological polar surface area (TPSA) is 86.3 Å². The summed E-state index contributed by atoms with van der Waals surface area (Å²) >= 11 is 0. The number of hydrogen-bond donors (Lipinski definition) is 1. The van der Waals surface area contributed by atoms with Gasteiger partial charge in [-0.2, -0.15) is 0 Å². The zero-order valence-corrected chi connectivity index (χ0v) is 13.9. The van der Waals surface area contributed by atoms with Crippen molar-refractivity contribution in [2.75, 3.05) is 25.4 Å². The van der Waals surface area contributed by atoms with Gasteiger partial charge in [-0.1, -0.05) is 0 Å². The third-order valence-electron chi connectivity index (χ3n) is 4.32. The molecule has 0 unspecified atom stereocenters. The van der Waals surface area contributed by atoms with Crippen molar-refractivity contribution in [1.29, 1.82) is 0 Å². The van der Waals surface area contributed by atoms with Crippen LogP contribution in [-0.4, -0.2) is 51.1 Å². The van der Waals surface area contributed by atoms with Gasteiger partial charge >= 0.3 is 0 Å². The van der Waals surface area contributed by atoms with E-state index in [-0.39, 0.29) is 12.0 Å². The highest BCUT2D eigenvalue weighted by atomic mass is 16.5. The van der Waals surface area contributed by atoms with E-state index in [1.165, 1.54) is 0 Å². The van der Waals surface area contributed by atoms with Crippen molar-refractivity contribution in [1.82, 2.24) is 19.4 Å². The number of aromatic nitrogens is 3. The van der Waals surface area contributed by atoms with E-state index in [9.17, 15) is 4.79 Å². The number of rotatable bonds is 5. The predicted octanol–water partition coefficient (Wildman–Crippen LogP) is 1.03. The summed E-state index contributed by atoms with van der Waals surface area (Å²) in [6.07, 6.45) is 7.04. The largest absolute Gasteiger partial charge is 0.384 e. The number of aryl methyl sites for hydroxylation is 2. The van der Waals surface area contributed by atoms with Gasteiger partial charge in [0, 0.05) is 31.7 Å². The number of morpholine rings is 1. The molecule has 128 valence electrons. The van der Waals surface area contributed by atoms with Gasteiger partial charge in [-0.05, 0) is 37.5 Å². The van der Waals surface area contributed by atoms with Crippen molar-refractivity contribution in [3.63, 3.8) is 0 Å². The molecular formula is C17H23N5O2. The molecule has 2 aromatic rings. The molecular weight excluding hydrogens is 306 g/mol. The van der Waals surface area contributed by atoms with Gasteiger partial charge in [-0.15, -0.1) is 0 Å². The van der Waals surface area contributed by atoms with E-state index < -0.39 is 0 Å². The van der Waals surface area contributed by atoms with Crippen molar-refractivity contribution in [3.8, 4) is 0 Å². The molecule has 1 amide bonds. The molecule has 0 saturated carbocycles. The van der Waals surface area contributed by atoms with Gasteiger partial charge in [0.1, 0.15) is 18.2 Å². The van der Waals surface area contributed by atoms with Crippen LogP contribution in [0.4, 0.5) is 5.82 Å². The normalized spacial score (nSPS) is 17.9. The summed E-state index contributed by atoms with van der Waals surface area (Å²) in [5, 5.41) is 0. The van der Waals surface area contributed by atoms with Gasteiger partial charge in [0.25, 0.3) is 0 Å². The highest BCUT2D eigenvalue weighted by molar-refractivity contribution is 5.76. The molecule has 7 nitrogen and oxygen atoms in total. The Morgan fingerprint density at radius 2 is 2.29 bits per heavy atom. The van der Waals surface area contributed by atoms with Gasteiger partial charge in [-0.3, -0.25) is 4.79 Å². The minimum absolute atomic E-state index is 0.0565. The van der Waals surface area contributed by atoms with Crippen LogP contribution < -0.4 is 5.73 Å². The van der Waals surface area contributed by atoms with Gasteiger partial charge in [0.15, 0.2) is 0 Å². The summed E-state index contributed by atoms with van der Waals surface area (Å²) in [5.74, 6) is 1.49. The fourth-order valence-corrected chi connectivity index (χ4v) is 2.91. The average Bonchev–Trinajstić information content (AvgIpc) is 2.98. The summed E-state index contributed by atoms with van der Waals surface area (Å²) < 4.78 is 7.68. The van der Waals surface area contributed by atoms with Crippen LogP contribution in [0, 0.1) is 6.92 Å². The second-order valence-electron chi connectivity index (χ2n) is 6.06. The molecule has 0 bridgehead atoms. The molecule has 1 aliphatic rings. The predicted molar refractivity (Wildman–Crippen MR) is 90.3 cm³/mol. The van der Waals surface area contributed by atoms with Crippen molar-refractivity contribution >= 4 is 11.7 Å². The standard InChI is InChI=1S/C17H23N5O2/c1-13-19-6-7-21(13)12-17(23)22-8-9-24-15(11-22)3-2-14-4-5-20-16(18)10-14/h4-7,10,15H,2-3,8-9,11-12H2,1H3,(H2,18,20)/t15-/m1/s1. The first-order valence-corrected chi connectivity index (χ1v) is 8.19. The van der Waals surface area contributed by atoms with E-state index in [0.717, 1.165) is 24.2 Å². The number of nitrogens with two attached hydrogens (primary N) is 1. The zero-order valence-electron chi connectivity index (χ0n) is 13.9. The van der Waals surface area contributed by atoms with E-state index in [2.05, 4.69) is 9.97 Å². The highest BCUT2D eigenvalue weighted by Crippen LogP contribution is 2.14. The Balaban J connectivity index is 1.52. The minimum Gasteiger partial charge on any atom is -0.384 e. The number of nitrogen functional groups attached to an aromatic ring is 1. The fraction of sp³-hybridized carbons (Fsp3) is 0.471. The molecule has 1 saturated heterocycles. The summed E-state index contributed by atoms with van der Waals surface area (Å²) in [5.41, 5.74) is 6.85. The molecule has 0 aromatic carbocycles. The lowest BCUT2D eigenvalue weighted by Crippen LogP contribution is -2.46. The molecule has 3 rings (SSSR count). The Kier molecular flexibility index (Phi) is 5.10. The lowest BCUT2D eigenvalue weighted by atomic mass is 10.1. The van der Waals surface area contributed by atoms with Crippen molar-refractivity contribution in [2.45, 2.75) is 32.4 Å². The lowest BCUT2D eigenvalue weighted by Gasteiger charge is -2.33. The molecule has 7 heteroatoms. The number of hydrogen-bond acceptors (Lipinski definition) is 5. The summed E-state index contributed by atoms with van der Waals surface area (Å²) in [6.45, 7) is 4.09. The van der Waals surface area contributed by atoms with Crippen molar-refractivity contribution < 1.29 is 9.53 Å². The van der Waals surface area contributed by atoms with Crippen molar-refractivity contribution in [3.05, 3.63) is 42.1 Å². The number of imidazole rings is 1. The van der Waals surface area contributed by atoms with Crippen LogP contribution in [-0.2, 0) is 22.5 Å². The first-order chi connectivity index (χ1) is 11.6. The Hall–Kier alpha value is -2.41. The smallest absolute Gasteiger partial charge is 0.242 e. The van der Waals surface area contributed by atoms with Gasteiger partial charge < -0.3 is 19.9 Å². The minimum atomic E-state index is 0.0565. The number of nitrogens with zero attached hydrogens (tertiary/aromatic N) is 4. The third-order valence-corrected chi connectivity index (χ3v) is 4.32. The highest BCUT2D eigenvalue weighted by Gasteiger charge is 2.24. The summed E-state index contributed by atoms with van der Waals surface area (Å²) in [4.78, 5) is 22.5. The SMILES string of the molecule is Cc1nccn1CC(=O)N1CCO[C@H](CCc2ccnc(N)c2)C1. The molecule has 1 atom stereocenters. The Morgan fingerprint density at radius 1 is 1.42 bits per heavy atom. The quantitative estimate of drug-likeness (QED) is 0.885. The van der Waals surface area contributed by atoms with Gasteiger partial charge in [0.05, 0.1) is 12.7 Å². The molecule has 24 heavy (non-hydrogen) atoms. The summed E-state index contributed by atoms with van der Waals surface area (Å²) in [6, 6.07) is 3.84. The lowest BCUT2D eigenvalue weighted by molar-refractivity contribution is -0.139. The second kappa shape index (κ2) is 7.44. The molecule has 1 aliphatic heterocycles. The maximum atomic E-state index is 12.5. The second-order valence-corrected chi connectivity index (χ2v) is 6.06. The third kappa shape index (κ3) is 4.11. The number of carbonyl (C=O) groups excluding carboxylic acids is 1. The first kappa shape index (κ1) is 16.4. The van der Waals surface area contributed by atoms with Crippen LogP contribution in [0.3, 0.4) is 0 Å². The molecule has 1 fully saturated rings. The maximum Gasteiger partial charge on any atom is 0.242 e. The Morgan fingerprint density at radius 3 is 3.04 bits per heavy atom. The van der Waals surface area contributed by atoms with E-state index in [0.29, 0.717) is 32.1 Å². The van der Waals surface area contributed by atoms with Crippen LogP contribution >= 0.6 is 0 Å². The summed E-state index contributed by atoms with van der Waals surface area (Å²) in [7, 11) is 0.